The molecule has 0 aliphatic rings. The SMILES string of the molecule is Cn1cnc2c(Oc3c(Cl)cc(-n4nc(C#N)c(=O)[nH]c4=O)cc3Cl)ncnc21. The van der Waals surface area contributed by atoms with Gasteiger partial charge < -0.3 is 9.30 Å². The number of hydrogen-bond donors (Lipinski definition) is 1. The van der Waals surface area contributed by atoms with E-state index >= 15 is 0 Å². The van der Waals surface area contributed by atoms with Crippen molar-refractivity contribution in [2.45, 2.75) is 0 Å². The number of aryl methyl sites for hydroxylation is 1. The predicted molar refractivity (Wildman–Crippen MR) is 102 cm³/mol. The normalized spacial score (nSPS) is 10.8. The number of fused-ring (bicyclic) bond motifs is 1. The molecule has 3 heterocycles. The summed E-state index contributed by atoms with van der Waals surface area (Å²) < 4.78 is 8.23. The fourth-order valence-electron chi connectivity index (χ4n) is 2.51. The van der Waals surface area contributed by atoms with Gasteiger partial charge in [-0.05, 0) is 12.1 Å². The summed E-state index contributed by atoms with van der Waals surface area (Å²) in [5.41, 5.74) is -1.17. The minimum atomic E-state index is -0.894. The second kappa shape index (κ2) is 7.01. The van der Waals surface area contributed by atoms with Crippen LogP contribution < -0.4 is 16.0 Å². The molecule has 13 heteroatoms. The minimum absolute atomic E-state index is 0.0357. The smallest absolute Gasteiger partial charge is 0.349 e. The minimum Gasteiger partial charge on any atom is -0.434 e. The summed E-state index contributed by atoms with van der Waals surface area (Å²) in [6.45, 7) is 0. The molecule has 0 saturated heterocycles. The van der Waals surface area contributed by atoms with Gasteiger partial charge in [0, 0.05) is 7.05 Å². The number of halogens is 2. The number of imidazole rings is 1. The highest BCUT2D eigenvalue weighted by Crippen LogP contribution is 2.38. The van der Waals surface area contributed by atoms with Gasteiger partial charge in [-0.25, -0.2) is 14.8 Å². The van der Waals surface area contributed by atoms with Crippen LogP contribution >= 0.6 is 23.2 Å². The Bertz CT molecular complexity index is 1410. The van der Waals surface area contributed by atoms with Crippen LogP contribution in [0.5, 0.6) is 11.6 Å². The maximum atomic E-state index is 12.0. The van der Waals surface area contributed by atoms with E-state index in [1.807, 2.05) is 4.98 Å². The van der Waals surface area contributed by atoms with Crippen LogP contribution in [0.3, 0.4) is 0 Å². The first-order chi connectivity index (χ1) is 13.9. The van der Waals surface area contributed by atoms with Gasteiger partial charge in [0.1, 0.15) is 12.4 Å². The van der Waals surface area contributed by atoms with Gasteiger partial charge in [0.25, 0.3) is 11.4 Å². The summed E-state index contributed by atoms with van der Waals surface area (Å²) in [5, 5.41) is 12.7. The summed E-state index contributed by atoms with van der Waals surface area (Å²) >= 11 is 12.6. The van der Waals surface area contributed by atoms with Crippen LogP contribution in [-0.2, 0) is 7.05 Å². The number of H-pyrrole nitrogens is 1. The fraction of sp³-hybridized carbons (Fsp3) is 0.0625. The first kappa shape index (κ1) is 18.6. The summed E-state index contributed by atoms with van der Waals surface area (Å²) in [4.78, 5) is 37.9. The Kier molecular flexibility index (Phi) is 4.50. The van der Waals surface area contributed by atoms with Crippen LogP contribution in [0.15, 0.2) is 34.4 Å². The highest BCUT2D eigenvalue weighted by atomic mass is 35.5. The van der Waals surface area contributed by atoms with Crippen molar-refractivity contribution in [1.82, 2.24) is 34.3 Å². The number of rotatable bonds is 3. The second-order valence-electron chi connectivity index (χ2n) is 5.68. The molecule has 0 amide bonds. The average molecular weight is 431 g/mol. The second-order valence-corrected chi connectivity index (χ2v) is 6.49. The Morgan fingerprint density at radius 3 is 2.59 bits per heavy atom. The lowest BCUT2D eigenvalue weighted by Crippen LogP contribution is -2.33. The van der Waals surface area contributed by atoms with Crippen LogP contribution in [0.1, 0.15) is 5.69 Å². The molecule has 4 rings (SSSR count). The van der Waals surface area contributed by atoms with Crippen molar-refractivity contribution >= 4 is 34.4 Å². The van der Waals surface area contributed by atoms with Crippen molar-refractivity contribution in [3.8, 4) is 23.4 Å². The van der Waals surface area contributed by atoms with E-state index in [-0.39, 0.29) is 27.4 Å². The molecule has 0 atom stereocenters. The molecule has 1 N–H and O–H groups in total. The van der Waals surface area contributed by atoms with E-state index in [9.17, 15) is 9.59 Å². The van der Waals surface area contributed by atoms with Gasteiger partial charge in [0.15, 0.2) is 16.9 Å². The summed E-state index contributed by atoms with van der Waals surface area (Å²) in [5.74, 6) is 0.207. The number of nitrogens with one attached hydrogen (secondary N) is 1. The van der Waals surface area contributed by atoms with Crippen molar-refractivity contribution in [2.75, 3.05) is 0 Å². The van der Waals surface area contributed by atoms with Crippen molar-refractivity contribution in [1.29, 1.82) is 5.26 Å². The third kappa shape index (κ3) is 3.20. The van der Waals surface area contributed by atoms with Gasteiger partial charge in [0.2, 0.25) is 5.69 Å². The summed E-state index contributed by atoms with van der Waals surface area (Å²) in [6, 6.07) is 4.28. The Morgan fingerprint density at radius 1 is 1.17 bits per heavy atom. The van der Waals surface area contributed by atoms with Crippen molar-refractivity contribution in [3.63, 3.8) is 0 Å². The van der Waals surface area contributed by atoms with E-state index in [4.69, 9.17) is 33.2 Å². The third-order valence-electron chi connectivity index (χ3n) is 3.82. The zero-order chi connectivity index (χ0) is 20.7. The molecule has 0 aliphatic carbocycles. The van der Waals surface area contributed by atoms with E-state index in [1.165, 1.54) is 18.5 Å². The molecule has 3 aromatic heterocycles. The first-order valence-corrected chi connectivity index (χ1v) is 8.57. The van der Waals surface area contributed by atoms with E-state index in [0.29, 0.717) is 11.2 Å². The molecule has 0 aliphatic heterocycles. The standard InChI is InChI=1S/C16H8Cl2N8O3/c1-25-6-22-11-13(25)20-5-21-15(11)29-12-8(17)2-7(3-9(12)18)26-16(28)23-14(27)10(4-19)24-26/h2-3,5-6H,1H3,(H,23,27,28). The van der Waals surface area contributed by atoms with Gasteiger partial charge in [-0.15, -0.1) is 5.10 Å². The van der Waals surface area contributed by atoms with Gasteiger partial charge in [-0.1, -0.05) is 23.2 Å². The monoisotopic (exact) mass is 430 g/mol. The number of nitrogens with zero attached hydrogens (tertiary/aromatic N) is 7. The highest BCUT2D eigenvalue weighted by molar-refractivity contribution is 6.37. The van der Waals surface area contributed by atoms with Gasteiger partial charge in [-0.2, -0.15) is 14.9 Å². The quantitative estimate of drug-likeness (QED) is 0.515. The molecule has 1 aromatic carbocycles. The molecule has 144 valence electrons. The average Bonchev–Trinajstić information content (AvgIpc) is 3.06. The highest BCUT2D eigenvalue weighted by Gasteiger charge is 2.17. The van der Waals surface area contributed by atoms with Crippen LogP contribution in [-0.4, -0.2) is 34.3 Å². The van der Waals surface area contributed by atoms with Crippen LogP contribution in [0.2, 0.25) is 10.0 Å². The largest absolute Gasteiger partial charge is 0.434 e. The van der Waals surface area contributed by atoms with Crippen molar-refractivity contribution in [2.24, 2.45) is 7.05 Å². The maximum Gasteiger partial charge on any atom is 0.349 e. The fourth-order valence-corrected chi connectivity index (χ4v) is 3.06. The van der Waals surface area contributed by atoms with Crippen LogP contribution in [0.4, 0.5) is 0 Å². The number of nitriles is 1. The Labute approximate surface area is 170 Å². The zero-order valence-corrected chi connectivity index (χ0v) is 15.9. The lowest BCUT2D eigenvalue weighted by atomic mass is 10.3. The summed E-state index contributed by atoms with van der Waals surface area (Å²) in [6.07, 6.45) is 2.86. The Morgan fingerprint density at radius 2 is 1.90 bits per heavy atom. The van der Waals surface area contributed by atoms with E-state index < -0.39 is 16.9 Å². The van der Waals surface area contributed by atoms with E-state index in [1.54, 1.807) is 24.0 Å². The lowest BCUT2D eigenvalue weighted by molar-refractivity contribution is 0.467. The van der Waals surface area contributed by atoms with Crippen LogP contribution in [0.25, 0.3) is 16.9 Å². The van der Waals surface area contributed by atoms with E-state index in [0.717, 1.165) is 4.68 Å². The summed E-state index contributed by atoms with van der Waals surface area (Å²) in [7, 11) is 1.77. The van der Waals surface area contributed by atoms with E-state index in [2.05, 4.69) is 20.1 Å². The third-order valence-corrected chi connectivity index (χ3v) is 4.39. The molecule has 0 bridgehead atoms. The number of hydrogen-bond acceptors (Lipinski definition) is 8. The topological polar surface area (TPSA) is 144 Å². The predicted octanol–water partition coefficient (Wildman–Crippen LogP) is 1.57. The molecular weight excluding hydrogens is 423 g/mol. The first-order valence-electron chi connectivity index (χ1n) is 7.82. The van der Waals surface area contributed by atoms with Gasteiger partial charge >= 0.3 is 5.69 Å². The zero-order valence-electron chi connectivity index (χ0n) is 14.4. The van der Waals surface area contributed by atoms with Gasteiger partial charge in [0.05, 0.1) is 22.1 Å². The molecular formula is C16H8Cl2N8O3. The van der Waals surface area contributed by atoms with Gasteiger partial charge in [-0.3, -0.25) is 9.78 Å². The van der Waals surface area contributed by atoms with Crippen molar-refractivity contribution in [3.05, 3.63) is 61.4 Å². The number of benzene rings is 1. The van der Waals surface area contributed by atoms with Crippen LogP contribution in [0, 0.1) is 11.3 Å². The Balaban J connectivity index is 1.80. The molecule has 29 heavy (non-hydrogen) atoms. The molecule has 0 spiro atoms. The molecule has 0 fully saturated rings. The Hall–Kier alpha value is -3.75. The molecule has 0 saturated carbocycles. The maximum absolute atomic E-state index is 12.0. The molecule has 0 unspecified atom stereocenters. The number of ether oxygens (including phenoxy) is 1. The molecule has 0 radical (unpaired) electrons. The number of aromatic amines is 1. The van der Waals surface area contributed by atoms with Crippen molar-refractivity contribution < 1.29 is 4.74 Å². The number of aromatic nitrogens is 7. The molecule has 11 nitrogen and oxygen atoms in total. The molecule has 4 aromatic rings. The lowest BCUT2D eigenvalue weighted by Gasteiger charge is -2.11.